The molecule has 0 aliphatic carbocycles. The topological polar surface area (TPSA) is 50.4 Å². The van der Waals surface area contributed by atoms with Crippen LogP contribution in [0.3, 0.4) is 0 Å². The van der Waals surface area contributed by atoms with Crippen LogP contribution in [0.5, 0.6) is 0 Å². The number of hydrogen-bond donors (Lipinski definition) is 1. The lowest BCUT2D eigenvalue weighted by Crippen LogP contribution is -2.28. The van der Waals surface area contributed by atoms with Gasteiger partial charge in [0.15, 0.2) is 0 Å². The zero-order valence-electron chi connectivity index (χ0n) is 11.4. The fraction of sp³-hybridized carbons (Fsp3) is 0.312. The van der Waals surface area contributed by atoms with Gasteiger partial charge in [0, 0.05) is 6.42 Å². The maximum Gasteiger partial charge on any atom is 0.313 e. The molecule has 0 bridgehead atoms. The van der Waals surface area contributed by atoms with Crippen LogP contribution in [0.15, 0.2) is 40.8 Å². The maximum atomic E-state index is 11.2. The quantitative estimate of drug-likeness (QED) is 0.912. The molecule has 0 atom stereocenters. The van der Waals surface area contributed by atoms with Crippen LogP contribution < -0.4 is 0 Å². The lowest BCUT2D eigenvalue weighted by molar-refractivity contribution is -0.142. The molecule has 0 saturated heterocycles. The monoisotopic (exact) mass is 258 g/mol. The Bertz CT molecular complexity index is 576. The van der Waals surface area contributed by atoms with Crippen molar-refractivity contribution >= 4 is 5.97 Å². The van der Waals surface area contributed by atoms with E-state index in [0.29, 0.717) is 0 Å². The molecule has 100 valence electrons. The van der Waals surface area contributed by atoms with Crippen molar-refractivity contribution in [2.75, 3.05) is 0 Å². The van der Waals surface area contributed by atoms with Crippen LogP contribution in [-0.2, 0) is 16.6 Å². The van der Waals surface area contributed by atoms with Crippen LogP contribution >= 0.6 is 0 Å². The van der Waals surface area contributed by atoms with Gasteiger partial charge in [0.25, 0.3) is 0 Å². The summed E-state index contributed by atoms with van der Waals surface area (Å²) < 4.78 is 5.53. The third-order valence-electron chi connectivity index (χ3n) is 3.38. The van der Waals surface area contributed by atoms with Gasteiger partial charge in [0.05, 0.1) is 5.41 Å². The number of rotatable bonds is 4. The third-order valence-corrected chi connectivity index (χ3v) is 3.38. The van der Waals surface area contributed by atoms with Gasteiger partial charge in [-0.25, -0.2) is 0 Å². The van der Waals surface area contributed by atoms with E-state index in [-0.39, 0.29) is 0 Å². The number of hydrogen-bond acceptors (Lipinski definition) is 2. The average molecular weight is 258 g/mol. The second kappa shape index (κ2) is 4.92. The van der Waals surface area contributed by atoms with Crippen LogP contribution in [0, 0.1) is 6.92 Å². The van der Waals surface area contributed by atoms with Crippen molar-refractivity contribution in [2.45, 2.75) is 32.6 Å². The lowest BCUT2D eigenvalue weighted by atomic mass is 9.84. The molecule has 0 spiro atoms. The molecule has 2 aromatic rings. The molecule has 0 aliphatic heterocycles. The number of aryl methyl sites for hydroxylation is 1. The van der Waals surface area contributed by atoms with E-state index in [2.05, 4.69) is 0 Å². The van der Waals surface area contributed by atoms with Crippen molar-refractivity contribution in [1.29, 1.82) is 0 Å². The molecule has 3 heteroatoms. The standard InChI is InChI=1S/C16H18O3/c1-11-4-9-14(19-11)10-12-5-7-13(8-6-12)16(2,3)15(17)18/h4-9H,10H2,1-3H3,(H,17,18). The summed E-state index contributed by atoms with van der Waals surface area (Å²) in [5.41, 5.74) is 1.05. The van der Waals surface area contributed by atoms with Gasteiger partial charge in [-0.05, 0) is 44.0 Å². The zero-order valence-corrected chi connectivity index (χ0v) is 11.4. The van der Waals surface area contributed by atoms with Crippen LogP contribution in [0.1, 0.15) is 36.5 Å². The van der Waals surface area contributed by atoms with Gasteiger partial charge in [-0.15, -0.1) is 0 Å². The minimum Gasteiger partial charge on any atom is -0.481 e. The summed E-state index contributed by atoms with van der Waals surface area (Å²) in [6.07, 6.45) is 0.724. The Morgan fingerprint density at radius 3 is 2.26 bits per heavy atom. The van der Waals surface area contributed by atoms with Crippen LogP contribution in [0.25, 0.3) is 0 Å². The van der Waals surface area contributed by atoms with E-state index in [4.69, 9.17) is 4.42 Å². The Balaban J connectivity index is 2.17. The maximum absolute atomic E-state index is 11.2. The summed E-state index contributed by atoms with van der Waals surface area (Å²) in [4.78, 5) is 11.2. The molecule has 19 heavy (non-hydrogen) atoms. The Labute approximate surface area is 112 Å². The second-order valence-corrected chi connectivity index (χ2v) is 5.32. The SMILES string of the molecule is Cc1ccc(Cc2ccc(C(C)(C)C(=O)O)cc2)o1. The minimum atomic E-state index is -0.861. The van der Waals surface area contributed by atoms with Crippen LogP contribution in [-0.4, -0.2) is 11.1 Å². The van der Waals surface area contributed by atoms with Gasteiger partial charge in [0.1, 0.15) is 11.5 Å². The summed E-state index contributed by atoms with van der Waals surface area (Å²) in [6.45, 7) is 5.34. The van der Waals surface area contributed by atoms with E-state index in [0.717, 1.165) is 29.1 Å². The van der Waals surface area contributed by atoms with Gasteiger partial charge in [-0.1, -0.05) is 24.3 Å². The summed E-state index contributed by atoms with van der Waals surface area (Å²) in [5.74, 6) is 1.00. The third kappa shape index (κ3) is 2.87. The molecule has 0 radical (unpaired) electrons. The first-order chi connectivity index (χ1) is 8.89. The van der Waals surface area contributed by atoms with Crippen molar-refractivity contribution in [2.24, 2.45) is 0 Å². The number of furan rings is 1. The molecule has 2 rings (SSSR count). The van der Waals surface area contributed by atoms with Crippen molar-refractivity contribution < 1.29 is 14.3 Å². The first kappa shape index (κ1) is 13.4. The molecule has 1 aromatic heterocycles. The molecule has 1 aromatic carbocycles. The van der Waals surface area contributed by atoms with E-state index in [1.54, 1.807) is 13.8 Å². The Hall–Kier alpha value is -2.03. The van der Waals surface area contributed by atoms with Crippen molar-refractivity contribution in [3.05, 3.63) is 59.0 Å². The van der Waals surface area contributed by atoms with Crippen molar-refractivity contribution in [3.63, 3.8) is 0 Å². The zero-order chi connectivity index (χ0) is 14.0. The second-order valence-electron chi connectivity index (χ2n) is 5.32. The number of benzene rings is 1. The minimum absolute atomic E-state index is 0.724. The lowest BCUT2D eigenvalue weighted by Gasteiger charge is -2.19. The predicted molar refractivity (Wildman–Crippen MR) is 73.4 cm³/mol. The molecular weight excluding hydrogens is 240 g/mol. The fourth-order valence-electron chi connectivity index (χ4n) is 1.94. The molecule has 3 nitrogen and oxygen atoms in total. The van der Waals surface area contributed by atoms with E-state index < -0.39 is 11.4 Å². The smallest absolute Gasteiger partial charge is 0.313 e. The van der Waals surface area contributed by atoms with Gasteiger partial charge in [-0.3, -0.25) is 4.79 Å². The van der Waals surface area contributed by atoms with Gasteiger partial charge < -0.3 is 9.52 Å². The summed E-state index contributed by atoms with van der Waals surface area (Å²) >= 11 is 0. The molecule has 1 N–H and O–H groups in total. The van der Waals surface area contributed by atoms with E-state index in [1.165, 1.54) is 0 Å². The highest BCUT2D eigenvalue weighted by Gasteiger charge is 2.29. The Morgan fingerprint density at radius 1 is 1.16 bits per heavy atom. The molecule has 0 aliphatic rings. The molecule has 0 amide bonds. The Morgan fingerprint density at radius 2 is 1.79 bits per heavy atom. The Kier molecular flexibility index (Phi) is 3.47. The van der Waals surface area contributed by atoms with E-state index in [1.807, 2.05) is 43.3 Å². The number of carbonyl (C=O) groups is 1. The first-order valence-corrected chi connectivity index (χ1v) is 6.28. The molecule has 0 fully saturated rings. The summed E-state index contributed by atoms with van der Waals surface area (Å²) in [5, 5.41) is 9.19. The molecule has 0 saturated carbocycles. The van der Waals surface area contributed by atoms with E-state index in [9.17, 15) is 9.90 Å². The first-order valence-electron chi connectivity index (χ1n) is 6.28. The predicted octanol–water partition coefficient (Wildman–Crippen LogP) is 3.54. The molecule has 1 heterocycles. The normalized spacial score (nSPS) is 11.5. The van der Waals surface area contributed by atoms with Gasteiger partial charge in [-0.2, -0.15) is 0 Å². The van der Waals surface area contributed by atoms with Gasteiger partial charge >= 0.3 is 5.97 Å². The number of carboxylic acid groups (broad SMARTS) is 1. The highest BCUT2D eigenvalue weighted by Crippen LogP contribution is 2.24. The summed E-state index contributed by atoms with van der Waals surface area (Å²) in [6, 6.07) is 11.6. The number of aliphatic carboxylic acids is 1. The average Bonchev–Trinajstić information content (AvgIpc) is 2.75. The summed E-state index contributed by atoms with van der Waals surface area (Å²) in [7, 11) is 0. The fourth-order valence-corrected chi connectivity index (χ4v) is 1.94. The highest BCUT2D eigenvalue weighted by atomic mass is 16.4. The van der Waals surface area contributed by atoms with Crippen molar-refractivity contribution in [3.8, 4) is 0 Å². The number of carboxylic acids is 1. The van der Waals surface area contributed by atoms with Crippen LogP contribution in [0.4, 0.5) is 0 Å². The van der Waals surface area contributed by atoms with Crippen LogP contribution in [0.2, 0.25) is 0 Å². The highest BCUT2D eigenvalue weighted by molar-refractivity contribution is 5.80. The molecule has 0 unspecified atom stereocenters. The molecular formula is C16H18O3. The van der Waals surface area contributed by atoms with Gasteiger partial charge in [0.2, 0.25) is 0 Å². The largest absolute Gasteiger partial charge is 0.481 e. The van der Waals surface area contributed by atoms with E-state index >= 15 is 0 Å². The van der Waals surface area contributed by atoms with Crippen molar-refractivity contribution in [1.82, 2.24) is 0 Å².